The average molecular weight is 393 g/mol. The van der Waals surface area contributed by atoms with Gasteiger partial charge in [0.05, 0.1) is 26.0 Å². The Bertz CT molecular complexity index is 904. The lowest BCUT2D eigenvalue weighted by molar-refractivity contribution is -0.137. The fraction of sp³-hybridized carbons (Fsp3) is 0.200. The zero-order valence-electron chi connectivity index (χ0n) is 15.4. The molecule has 0 saturated heterocycles. The third kappa shape index (κ3) is 4.70. The number of methoxy groups -OCH3 is 2. The Kier molecular flexibility index (Phi) is 6.81. The van der Waals surface area contributed by atoms with E-state index in [1.165, 1.54) is 39.7 Å². The molecule has 0 spiro atoms. The molecule has 0 radical (unpaired) electrons. The van der Waals surface area contributed by atoms with Crippen LogP contribution >= 0.6 is 0 Å². The lowest BCUT2D eigenvalue weighted by Crippen LogP contribution is -2.13. The molecule has 0 aliphatic heterocycles. The number of nitrogens with zero attached hydrogens (tertiary/aromatic N) is 1. The SMILES string of the molecule is COC=C(C(=O)OC)c1ccccc1C(=NOC)c1cccc(C(F)(F)F)c1. The number of carbonyl (C=O) groups excluding carboxylic acids is 1. The quantitative estimate of drug-likeness (QED) is 0.242. The van der Waals surface area contributed by atoms with Gasteiger partial charge < -0.3 is 14.3 Å². The Hall–Kier alpha value is -3.29. The summed E-state index contributed by atoms with van der Waals surface area (Å²) in [5.41, 5.74) is 0.283. The Morgan fingerprint density at radius 2 is 1.68 bits per heavy atom. The number of alkyl halides is 3. The van der Waals surface area contributed by atoms with E-state index in [1.54, 1.807) is 24.3 Å². The molecule has 0 N–H and O–H groups in total. The van der Waals surface area contributed by atoms with Gasteiger partial charge in [-0.25, -0.2) is 4.79 Å². The highest BCUT2D eigenvalue weighted by atomic mass is 19.4. The van der Waals surface area contributed by atoms with Crippen LogP contribution in [-0.2, 0) is 25.3 Å². The summed E-state index contributed by atoms with van der Waals surface area (Å²) in [6.45, 7) is 0. The van der Waals surface area contributed by atoms with Gasteiger partial charge in [0.25, 0.3) is 0 Å². The average Bonchev–Trinajstić information content (AvgIpc) is 2.69. The molecule has 0 saturated carbocycles. The van der Waals surface area contributed by atoms with Crippen LogP contribution in [0.4, 0.5) is 13.2 Å². The van der Waals surface area contributed by atoms with E-state index in [-0.39, 0.29) is 16.8 Å². The maximum absolute atomic E-state index is 13.1. The predicted molar refractivity (Wildman–Crippen MR) is 97.5 cm³/mol. The molecule has 8 heteroatoms. The van der Waals surface area contributed by atoms with Crippen LogP contribution in [0.1, 0.15) is 22.3 Å². The third-order valence-corrected chi connectivity index (χ3v) is 3.76. The van der Waals surface area contributed by atoms with Crippen LogP contribution in [-0.4, -0.2) is 33.0 Å². The smallest absolute Gasteiger partial charge is 0.416 e. The first-order valence-electron chi connectivity index (χ1n) is 8.03. The molecular formula is C20H18F3NO4. The van der Waals surface area contributed by atoms with Crippen LogP contribution in [0.2, 0.25) is 0 Å². The number of ether oxygens (including phenoxy) is 2. The first-order chi connectivity index (χ1) is 13.3. The number of oxime groups is 1. The highest BCUT2D eigenvalue weighted by molar-refractivity contribution is 6.22. The van der Waals surface area contributed by atoms with Crippen molar-refractivity contribution >= 4 is 17.3 Å². The molecule has 2 aromatic carbocycles. The molecule has 2 rings (SSSR count). The molecule has 2 aromatic rings. The Labute approximate surface area is 160 Å². The van der Waals surface area contributed by atoms with Gasteiger partial charge in [0.2, 0.25) is 0 Å². The molecule has 0 bridgehead atoms. The van der Waals surface area contributed by atoms with E-state index < -0.39 is 17.7 Å². The van der Waals surface area contributed by atoms with E-state index >= 15 is 0 Å². The standard InChI is InChI=1S/C20H18F3NO4/c1-26-12-17(19(25)27-2)15-9-4-5-10-16(15)18(24-28-3)13-7-6-8-14(11-13)20(21,22)23/h4-12H,1-3H3. The molecular weight excluding hydrogens is 375 g/mol. The number of carbonyl (C=O) groups is 1. The van der Waals surface area contributed by atoms with Crippen molar-refractivity contribution in [1.29, 1.82) is 0 Å². The number of halogens is 3. The summed E-state index contributed by atoms with van der Waals surface area (Å²) < 4.78 is 49.1. The predicted octanol–water partition coefficient (Wildman–Crippen LogP) is 4.26. The van der Waals surface area contributed by atoms with Gasteiger partial charge in [0, 0.05) is 16.7 Å². The second-order valence-corrected chi connectivity index (χ2v) is 5.51. The summed E-state index contributed by atoms with van der Waals surface area (Å²) in [7, 11) is 3.86. The number of benzene rings is 2. The first kappa shape index (κ1) is 21.0. The van der Waals surface area contributed by atoms with Crippen LogP contribution in [0.25, 0.3) is 5.57 Å². The topological polar surface area (TPSA) is 57.1 Å². The van der Waals surface area contributed by atoms with Crippen molar-refractivity contribution in [2.75, 3.05) is 21.3 Å². The van der Waals surface area contributed by atoms with E-state index in [0.29, 0.717) is 11.1 Å². The van der Waals surface area contributed by atoms with E-state index in [9.17, 15) is 18.0 Å². The number of hydrogen-bond acceptors (Lipinski definition) is 5. The third-order valence-electron chi connectivity index (χ3n) is 3.76. The molecule has 148 valence electrons. The summed E-state index contributed by atoms with van der Waals surface area (Å²) in [5, 5.41) is 3.91. The van der Waals surface area contributed by atoms with Gasteiger partial charge in [0.15, 0.2) is 0 Å². The van der Waals surface area contributed by atoms with E-state index in [4.69, 9.17) is 14.3 Å². The van der Waals surface area contributed by atoms with Crippen molar-refractivity contribution in [3.05, 3.63) is 77.0 Å². The van der Waals surface area contributed by atoms with Gasteiger partial charge in [0.1, 0.15) is 18.4 Å². The van der Waals surface area contributed by atoms with Crippen molar-refractivity contribution in [2.45, 2.75) is 6.18 Å². The first-order valence-corrected chi connectivity index (χ1v) is 8.03. The van der Waals surface area contributed by atoms with Gasteiger partial charge in [-0.05, 0) is 12.1 Å². The minimum Gasteiger partial charge on any atom is -0.503 e. The lowest BCUT2D eigenvalue weighted by Gasteiger charge is -2.15. The van der Waals surface area contributed by atoms with Crippen molar-refractivity contribution in [2.24, 2.45) is 5.16 Å². The van der Waals surface area contributed by atoms with Gasteiger partial charge in [-0.15, -0.1) is 0 Å². The Morgan fingerprint density at radius 1 is 1.00 bits per heavy atom. The Balaban J connectivity index is 2.69. The molecule has 0 fully saturated rings. The summed E-state index contributed by atoms with van der Waals surface area (Å²) in [4.78, 5) is 17.0. The Morgan fingerprint density at radius 3 is 2.25 bits per heavy atom. The summed E-state index contributed by atoms with van der Waals surface area (Å²) in [5.74, 6) is -0.671. The molecule has 0 aliphatic rings. The lowest BCUT2D eigenvalue weighted by atomic mass is 9.93. The minimum absolute atomic E-state index is 0.0800. The van der Waals surface area contributed by atoms with E-state index in [2.05, 4.69) is 5.16 Å². The molecule has 28 heavy (non-hydrogen) atoms. The summed E-state index contributed by atoms with van der Waals surface area (Å²) >= 11 is 0. The second-order valence-electron chi connectivity index (χ2n) is 5.51. The molecule has 0 heterocycles. The van der Waals surface area contributed by atoms with Gasteiger partial charge in [-0.2, -0.15) is 13.2 Å². The monoisotopic (exact) mass is 393 g/mol. The van der Waals surface area contributed by atoms with Crippen LogP contribution in [0.15, 0.2) is 59.9 Å². The fourth-order valence-electron chi connectivity index (χ4n) is 2.57. The van der Waals surface area contributed by atoms with Gasteiger partial charge >= 0.3 is 12.1 Å². The second kappa shape index (κ2) is 9.07. The zero-order chi connectivity index (χ0) is 20.7. The summed E-state index contributed by atoms with van der Waals surface area (Å²) in [6, 6.07) is 11.2. The van der Waals surface area contributed by atoms with Crippen LogP contribution in [0.5, 0.6) is 0 Å². The van der Waals surface area contributed by atoms with Crippen molar-refractivity contribution in [1.82, 2.24) is 0 Å². The molecule has 5 nitrogen and oxygen atoms in total. The van der Waals surface area contributed by atoms with Gasteiger partial charge in [-0.1, -0.05) is 41.6 Å². The minimum atomic E-state index is -4.51. The van der Waals surface area contributed by atoms with Crippen LogP contribution in [0, 0.1) is 0 Å². The highest BCUT2D eigenvalue weighted by Crippen LogP contribution is 2.31. The molecule has 0 amide bonds. The van der Waals surface area contributed by atoms with E-state index in [0.717, 1.165) is 12.1 Å². The number of hydrogen-bond donors (Lipinski definition) is 0. The number of rotatable bonds is 6. The summed E-state index contributed by atoms with van der Waals surface area (Å²) in [6.07, 6.45) is -3.32. The number of esters is 1. The van der Waals surface area contributed by atoms with Crippen molar-refractivity contribution in [3.8, 4) is 0 Å². The van der Waals surface area contributed by atoms with Crippen LogP contribution < -0.4 is 0 Å². The molecule has 0 atom stereocenters. The maximum atomic E-state index is 13.1. The molecule has 0 aliphatic carbocycles. The molecule has 0 unspecified atom stereocenters. The van der Waals surface area contributed by atoms with Crippen molar-refractivity contribution in [3.63, 3.8) is 0 Å². The zero-order valence-corrected chi connectivity index (χ0v) is 15.4. The fourth-order valence-corrected chi connectivity index (χ4v) is 2.57. The van der Waals surface area contributed by atoms with Crippen molar-refractivity contribution < 1.29 is 32.3 Å². The van der Waals surface area contributed by atoms with Gasteiger partial charge in [-0.3, -0.25) is 0 Å². The van der Waals surface area contributed by atoms with Crippen LogP contribution in [0.3, 0.4) is 0 Å². The normalized spacial score (nSPS) is 12.5. The van der Waals surface area contributed by atoms with E-state index in [1.807, 2.05) is 0 Å². The highest BCUT2D eigenvalue weighted by Gasteiger charge is 2.31. The maximum Gasteiger partial charge on any atom is 0.416 e. The largest absolute Gasteiger partial charge is 0.503 e. The molecule has 0 aromatic heterocycles.